The minimum absolute atomic E-state index is 0.0372. The molecule has 1 spiro atoms. The summed E-state index contributed by atoms with van der Waals surface area (Å²) < 4.78 is 5.12. The molecule has 1 aromatic rings. The lowest BCUT2D eigenvalue weighted by molar-refractivity contribution is -0.139. The van der Waals surface area contributed by atoms with Crippen molar-refractivity contribution in [2.45, 2.75) is 32.6 Å². The number of rotatable bonds is 4. The standard InChI is InChI=1S/C20H28N2O4/c1-15-4-5-16(17(23)12-15)19(25)22-9-3-7-20(14-22)8-6-18(24)21(13-20)10-11-26-2/h4-5,12,23H,3,6-11,13-14H2,1-2H3. The monoisotopic (exact) mass is 360 g/mol. The van der Waals surface area contributed by atoms with E-state index in [1.807, 2.05) is 22.8 Å². The van der Waals surface area contributed by atoms with Gasteiger partial charge < -0.3 is 19.6 Å². The van der Waals surface area contributed by atoms with Crippen LogP contribution in [0.2, 0.25) is 0 Å². The summed E-state index contributed by atoms with van der Waals surface area (Å²) in [6.45, 7) is 5.03. The first-order valence-electron chi connectivity index (χ1n) is 9.30. The third-order valence-corrected chi connectivity index (χ3v) is 5.65. The van der Waals surface area contributed by atoms with Crippen LogP contribution in [0.5, 0.6) is 5.75 Å². The van der Waals surface area contributed by atoms with E-state index in [1.54, 1.807) is 19.2 Å². The van der Waals surface area contributed by atoms with Crippen LogP contribution in [-0.2, 0) is 9.53 Å². The van der Waals surface area contributed by atoms with Gasteiger partial charge in [0.15, 0.2) is 0 Å². The second-order valence-corrected chi connectivity index (χ2v) is 7.66. The number of hydrogen-bond acceptors (Lipinski definition) is 4. The number of ether oxygens (including phenoxy) is 1. The number of phenolic OH excluding ortho intramolecular Hbond substituents is 1. The van der Waals surface area contributed by atoms with Crippen LogP contribution in [0.4, 0.5) is 0 Å². The van der Waals surface area contributed by atoms with Crippen LogP contribution in [-0.4, -0.2) is 66.6 Å². The molecule has 1 atom stereocenters. The maximum absolute atomic E-state index is 12.9. The molecule has 2 amide bonds. The minimum Gasteiger partial charge on any atom is -0.507 e. The first kappa shape index (κ1) is 18.7. The van der Waals surface area contributed by atoms with Gasteiger partial charge in [-0.1, -0.05) is 6.07 Å². The number of carbonyl (C=O) groups is 2. The summed E-state index contributed by atoms with van der Waals surface area (Å²) in [6.07, 6.45) is 3.29. The number of phenols is 1. The molecule has 26 heavy (non-hydrogen) atoms. The topological polar surface area (TPSA) is 70.1 Å². The Morgan fingerprint density at radius 3 is 2.85 bits per heavy atom. The Morgan fingerprint density at radius 1 is 1.31 bits per heavy atom. The Labute approximate surface area is 154 Å². The lowest BCUT2D eigenvalue weighted by Crippen LogP contribution is -2.55. The van der Waals surface area contributed by atoms with Gasteiger partial charge in [-0.2, -0.15) is 0 Å². The number of aryl methyl sites for hydroxylation is 1. The van der Waals surface area contributed by atoms with Gasteiger partial charge in [0.05, 0.1) is 12.2 Å². The SMILES string of the molecule is COCCN1CC2(CCCN(C(=O)c3ccc(C)cc3O)C2)CCC1=O. The van der Waals surface area contributed by atoms with E-state index in [4.69, 9.17) is 4.74 Å². The van der Waals surface area contributed by atoms with Gasteiger partial charge in [0.25, 0.3) is 5.91 Å². The predicted molar refractivity (Wildman–Crippen MR) is 98.1 cm³/mol. The van der Waals surface area contributed by atoms with Gasteiger partial charge in [-0.25, -0.2) is 0 Å². The first-order chi connectivity index (χ1) is 12.4. The quantitative estimate of drug-likeness (QED) is 0.894. The van der Waals surface area contributed by atoms with Crippen LogP contribution in [0, 0.1) is 12.3 Å². The van der Waals surface area contributed by atoms with Crippen molar-refractivity contribution in [2.24, 2.45) is 5.41 Å². The van der Waals surface area contributed by atoms with E-state index in [0.717, 1.165) is 24.8 Å². The number of piperidine rings is 2. The molecule has 0 aliphatic carbocycles. The molecule has 2 aliphatic rings. The molecule has 2 heterocycles. The van der Waals surface area contributed by atoms with E-state index in [2.05, 4.69) is 0 Å². The molecule has 0 aromatic heterocycles. The normalized spacial score (nSPS) is 23.5. The number of nitrogens with zero attached hydrogens (tertiary/aromatic N) is 2. The summed E-state index contributed by atoms with van der Waals surface area (Å²) in [7, 11) is 1.64. The Bertz CT molecular complexity index is 690. The summed E-state index contributed by atoms with van der Waals surface area (Å²) in [4.78, 5) is 28.9. The van der Waals surface area contributed by atoms with E-state index in [9.17, 15) is 14.7 Å². The summed E-state index contributed by atoms with van der Waals surface area (Å²) in [6, 6.07) is 5.17. The van der Waals surface area contributed by atoms with E-state index >= 15 is 0 Å². The summed E-state index contributed by atoms with van der Waals surface area (Å²) in [5.41, 5.74) is 1.24. The van der Waals surface area contributed by atoms with Crippen LogP contribution in [0.1, 0.15) is 41.6 Å². The van der Waals surface area contributed by atoms with Crippen LogP contribution < -0.4 is 0 Å². The molecule has 6 nitrogen and oxygen atoms in total. The molecular formula is C20H28N2O4. The number of aromatic hydroxyl groups is 1. The number of hydrogen-bond donors (Lipinski definition) is 1. The minimum atomic E-state index is -0.123. The van der Waals surface area contributed by atoms with Crippen molar-refractivity contribution >= 4 is 11.8 Å². The largest absolute Gasteiger partial charge is 0.507 e. The fraction of sp³-hybridized carbons (Fsp3) is 0.600. The highest BCUT2D eigenvalue weighted by molar-refractivity contribution is 5.97. The summed E-state index contributed by atoms with van der Waals surface area (Å²) in [5.74, 6) is 0.0874. The van der Waals surface area contributed by atoms with E-state index < -0.39 is 0 Å². The molecule has 2 aliphatic heterocycles. The predicted octanol–water partition coefficient (Wildman–Crippen LogP) is 2.19. The van der Waals surface area contributed by atoms with Crippen molar-refractivity contribution in [3.63, 3.8) is 0 Å². The second kappa shape index (κ2) is 7.66. The average molecular weight is 360 g/mol. The molecule has 0 radical (unpaired) electrons. The van der Waals surface area contributed by atoms with Crippen LogP contribution in [0.3, 0.4) is 0 Å². The zero-order valence-electron chi connectivity index (χ0n) is 15.7. The number of likely N-dealkylation sites (tertiary alicyclic amines) is 2. The van der Waals surface area contributed by atoms with Gasteiger partial charge in [-0.3, -0.25) is 9.59 Å². The smallest absolute Gasteiger partial charge is 0.257 e. The van der Waals surface area contributed by atoms with Gasteiger partial charge in [0, 0.05) is 45.1 Å². The first-order valence-corrected chi connectivity index (χ1v) is 9.30. The molecule has 2 fully saturated rings. The van der Waals surface area contributed by atoms with E-state index in [0.29, 0.717) is 44.8 Å². The van der Waals surface area contributed by atoms with Gasteiger partial charge >= 0.3 is 0 Å². The Balaban J connectivity index is 1.74. The van der Waals surface area contributed by atoms with Crippen molar-refractivity contribution in [2.75, 3.05) is 39.9 Å². The molecular weight excluding hydrogens is 332 g/mol. The third-order valence-electron chi connectivity index (χ3n) is 5.65. The van der Waals surface area contributed by atoms with Crippen molar-refractivity contribution < 1.29 is 19.4 Å². The van der Waals surface area contributed by atoms with Crippen molar-refractivity contribution in [1.82, 2.24) is 9.80 Å². The van der Waals surface area contributed by atoms with Crippen molar-refractivity contribution in [3.8, 4) is 5.75 Å². The van der Waals surface area contributed by atoms with E-state index in [-0.39, 0.29) is 23.0 Å². The molecule has 3 rings (SSSR count). The van der Waals surface area contributed by atoms with Crippen molar-refractivity contribution in [1.29, 1.82) is 0 Å². The van der Waals surface area contributed by atoms with Crippen LogP contribution in [0.15, 0.2) is 18.2 Å². The lowest BCUT2D eigenvalue weighted by Gasteiger charge is -2.48. The highest BCUT2D eigenvalue weighted by Crippen LogP contribution is 2.39. The average Bonchev–Trinajstić information content (AvgIpc) is 2.62. The summed E-state index contributed by atoms with van der Waals surface area (Å²) in [5, 5.41) is 10.2. The second-order valence-electron chi connectivity index (χ2n) is 7.66. The molecule has 1 unspecified atom stereocenters. The van der Waals surface area contributed by atoms with E-state index in [1.165, 1.54) is 0 Å². The number of benzene rings is 1. The van der Waals surface area contributed by atoms with Gasteiger partial charge in [0.2, 0.25) is 5.91 Å². The summed E-state index contributed by atoms with van der Waals surface area (Å²) >= 11 is 0. The third kappa shape index (κ3) is 3.85. The fourth-order valence-corrected chi connectivity index (χ4v) is 4.21. The van der Waals surface area contributed by atoms with Crippen molar-refractivity contribution in [3.05, 3.63) is 29.3 Å². The number of carbonyl (C=O) groups excluding carboxylic acids is 2. The zero-order valence-corrected chi connectivity index (χ0v) is 15.7. The molecule has 1 N–H and O–H groups in total. The molecule has 6 heteroatoms. The van der Waals surface area contributed by atoms with Gasteiger partial charge in [-0.15, -0.1) is 0 Å². The van der Waals surface area contributed by atoms with Gasteiger partial charge in [0.1, 0.15) is 5.75 Å². The Kier molecular flexibility index (Phi) is 5.51. The Hall–Kier alpha value is -2.08. The maximum Gasteiger partial charge on any atom is 0.257 e. The maximum atomic E-state index is 12.9. The molecule has 2 saturated heterocycles. The molecule has 142 valence electrons. The lowest BCUT2D eigenvalue weighted by atomic mass is 9.73. The van der Waals surface area contributed by atoms with Gasteiger partial charge in [-0.05, 0) is 43.9 Å². The molecule has 0 saturated carbocycles. The molecule has 1 aromatic carbocycles. The zero-order chi connectivity index (χ0) is 18.7. The van der Waals surface area contributed by atoms with Crippen LogP contribution in [0.25, 0.3) is 0 Å². The number of amides is 2. The highest BCUT2D eigenvalue weighted by atomic mass is 16.5. The Morgan fingerprint density at radius 2 is 2.12 bits per heavy atom. The van der Waals surface area contributed by atoms with Crippen LogP contribution >= 0.6 is 0 Å². The highest BCUT2D eigenvalue weighted by Gasteiger charge is 2.42. The fourth-order valence-electron chi connectivity index (χ4n) is 4.21. The molecule has 0 bridgehead atoms. The number of methoxy groups -OCH3 is 1.